The van der Waals surface area contributed by atoms with Crippen molar-refractivity contribution in [3.8, 4) is 0 Å². The van der Waals surface area contributed by atoms with Gasteiger partial charge in [-0.1, -0.05) is 12.1 Å². The van der Waals surface area contributed by atoms with Gasteiger partial charge >= 0.3 is 0 Å². The molecule has 0 saturated carbocycles. The van der Waals surface area contributed by atoms with Gasteiger partial charge in [-0.2, -0.15) is 0 Å². The molecular formula is C22H25N3O2. The first-order valence-electron chi connectivity index (χ1n) is 9.45. The lowest BCUT2D eigenvalue weighted by Crippen LogP contribution is -2.49. The van der Waals surface area contributed by atoms with E-state index in [1.807, 2.05) is 23.1 Å². The Bertz CT molecular complexity index is 914. The molecule has 1 fully saturated rings. The lowest BCUT2D eigenvalue weighted by Gasteiger charge is -2.37. The van der Waals surface area contributed by atoms with Crippen LogP contribution in [-0.4, -0.2) is 49.9 Å². The van der Waals surface area contributed by atoms with Crippen LogP contribution in [-0.2, 0) is 11.2 Å². The molecule has 5 nitrogen and oxygen atoms in total. The van der Waals surface area contributed by atoms with Gasteiger partial charge in [0.15, 0.2) is 0 Å². The SMILES string of the molecule is Cc1cccc(N2CCN(C(=O)c3ccc4c(c3)CC(=O)N4C)CC2)c1C. The Morgan fingerprint density at radius 2 is 1.70 bits per heavy atom. The molecule has 2 amide bonds. The van der Waals surface area contributed by atoms with Gasteiger partial charge in [0.25, 0.3) is 5.91 Å². The average molecular weight is 363 g/mol. The normalized spacial score (nSPS) is 16.7. The van der Waals surface area contributed by atoms with E-state index in [9.17, 15) is 9.59 Å². The van der Waals surface area contributed by atoms with Gasteiger partial charge in [-0.25, -0.2) is 0 Å². The van der Waals surface area contributed by atoms with Gasteiger partial charge in [0.05, 0.1) is 6.42 Å². The van der Waals surface area contributed by atoms with E-state index in [0.717, 1.165) is 24.3 Å². The lowest BCUT2D eigenvalue weighted by molar-refractivity contribution is -0.117. The first-order valence-corrected chi connectivity index (χ1v) is 9.45. The molecule has 0 unspecified atom stereocenters. The van der Waals surface area contributed by atoms with E-state index in [4.69, 9.17) is 0 Å². The second-order valence-corrected chi connectivity index (χ2v) is 7.47. The molecule has 2 aliphatic rings. The van der Waals surface area contributed by atoms with Crippen LogP contribution in [0.3, 0.4) is 0 Å². The van der Waals surface area contributed by atoms with Gasteiger partial charge in [0.2, 0.25) is 5.91 Å². The van der Waals surface area contributed by atoms with Crippen molar-refractivity contribution in [2.24, 2.45) is 0 Å². The summed E-state index contributed by atoms with van der Waals surface area (Å²) in [6.07, 6.45) is 0.382. The molecule has 4 rings (SSSR count). The maximum absolute atomic E-state index is 12.9. The van der Waals surface area contributed by atoms with Crippen molar-refractivity contribution in [2.45, 2.75) is 20.3 Å². The zero-order chi connectivity index (χ0) is 19.1. The largest absolute Gasteiger partial charge is 0.368 e. The predicted octanol–water partition coefficient (Wildman–Crippen LogP) is 2.78. The second-order valence-electron chi connectivity index (χ2n) is 7.47. The molecule has 0 aliphatic carbocycles. The molecule has 2 aliphatic heterocycles. The number of hydrogen-bond donors (Lipinski definition) is 0. The van der Waals surface area contributed by atoms with Crippen LogP contribution in [0.1, 0.15) is 27.0 Å². The summed E-state index contributed by atoms with van der Waals surface area (Å²) in [6.45, 7) is 7.38. The van der Waals surface area contributed by atoms with Gasteiger partial charge in [-0.3, -0.25) is 9.59 Å². The van der Waals surface area contributed by atoms with Crippen molar-refractivity contribution >= 4 is 23.2 Å². The molecule has 2 aromatic carbocycles. The number of hydrogen-bond acceptors (Lipinski definition) is 3. The Morgan fingerprint density at radius 3 is 2.44 bits per heavy atom. The van der Waals surface area contributed by atoms with Gasteiger partial charge in [-0.15, -0.1) is 0 Å². The van der Waals surface area contributed by atoms with Gasteiger partial charge in [0, 0.05) is 50.2 Å². The standard InChI is InChI=1S/C22H25N3O2/c1-15-5-4-6-19(16(15)2)24-9-11-25(12-10-24)22(27)17-7-8-20-18(13-17)14-21(26)23(20)3/h4-8,13H,9-12,14H2,1-3H3. The molecule has 140 valence electrons. The number of amides is 2. The van der Waals surface area contributed by atoms with Crippen molar-refractivity contribution in [2.75, 3.05) is 43.0 Å². The summed E-state index contributed by atoms with van der Waals surface area (Å²) in [5.74, 6) is 0.136. The third kappa shape index (κ3) is 3.07. The van der Waals surface area contributed by atoms with E-state index in [2.05, 4.69) is 36.9 Å². The highest BCUT2D eigenvalue weighted by molar-refractivity contribution is 6.03. The Hall–Kier alpha value is -2.82. The highest BCUT2D eigenvalue weighted by atomic mass is 16.2. The summed E-state index contributed by atoms with van der Waals surface area (Å²) < 4.78 is 0. The van der Waals surface area contributed by atoms with Gasteiger partial charge in [0.1, 0.15) is 0 Å². The molecule has 0 atom stereocenters. The zero-order valence-electron chi connectivity index (χ0n) is 16.2. The molecule has 1 saturated heterocycles. The van der Waals surface area contributed by atoms with Crippen molar-refractivity contribution in [1.29, 1.82) is 0 Å². The van der Waals surface area contributed by atoms with E-state index in [0.29, 0.717) is 25.1 Å². The number of likely N-dealkylation sites (N-methyl/N-ethyl adjacent to an activating group) is 1. The molecule has 27 heavy (non-hydrogen) atoms. The summed E-state index contributed by atoms with van der Waals surface area (Å²) in [7, 11) is 1.78. The molecule has 2 heterocycles. The number of anilines is 2. The number of carbonyl (C=O) groups excluding carboxylic acids is 2. The Kier molecular flexibility index (Phi) is 4.38. The molecule has 0 N–H and O–H groups in total. The molecule has 0 aromatic heterocycles. The van der Waals surface area contributed by atoms with E-state index < -0.39 is 0 Å². The maximum Gasteiger partial charge on any atom is 0.253 e. The van der Waals surface area contributed by atoms with E-state index in [1.54, 1.807) is 11.9 Å². The number of rotatable bonds is 2. The molecular weight excluding hydrogens is 338 g/mol. The third-order valence-electron chi connectivity index (χ3n) is 5.89. The summed E-state index contributed by atoms with van der Waals surface area (Å²) in [5, 5.41) is 0. The van der Waals surface area contributed by atoms with Crippen molar-refractivity contribution in [1.82, 2.24) is 4.90 Å². The predicted molar refractivity (Wildman–Crippen MR) is 108 cm³/mol. The van der Waals surface area contributed by atoms with Crippen molar-refractivity contribution < 1.29 is 9.59 Å². The highest BCUT2D eigenvalue weighted by Gasteiger charge is 2.27. The summed E-state index contributed by atoms with van der Waals surface area (Å²) >= 11 is 0. The fourth-order valence-electron chi connectivity index (χ4n) is 4.01. The van der Waals surface area contributed by atoms with Crippen LogP contribution < -0.4 is 9.80 Å². The highest BCUT2D eigenvalue weighted by Crippen LogP contribution is 2.29. The topological polar surface area (TPSA) is 43.9 Å². The minimum Gasteiger partial charge on any atom is -0.368 e. The molecule has 0 bridgehead atoms. The summed E-state index contributed by atoms with van der Waals surface area (Å²) in [6, 6.07) is 12.0. The first-order chi connectivity index (χ1) is 13.0. The number of aryl methyl sites for hydroxylation is 1. The number of benzene rings is 2. The molecule has 0 spiro atoms. The Labute approximate surface area is 160 Å². The van der Waals surface area contributed by atoms with Crippen molar-refractivity contribution in [3.05, 3.63) is 58.7 Å². The molecule has 2 aromatic rings. The van der Waals surface area contributed by atoms with Crippen LogP contribution in [0.2, 0.25) is 0 Å². The molecule has 5 heteroatoms. The number of carbonyl (C=O) groups is 2. The lowest BCUT2D eigenvalue weighted by atomic mass is 10.1. The fraction of sp³-hybridized carbons (Fsp3) is 0.364. The quantitative estimate of drug-likeness (QED) is 0.824. The Balaban J connectivity index is 1.46. The van der Waals surface area contributed by atoms with E-state index in [1.165, 1.54) is 16.8 Å². The minimum absolute atomic E-state index is 0.0559. The number of piperazine rings is 1. The summed E-state index contributed by atoms with van der Waals surface area (Å²) in [5.41, 5.74) is 6.41. The van der Waals surface area contributed by atoms with E-state index >= 15 is 0 Å². The van der Waals surface area contributed by atoms with Crippen LogP contribution >= 0.6 is 0 Å². The number of nitrogens with zero attached hydrogens (tertiary/aromatic N) is 3. The minimum atomic E-state index is 0.0559. The molecule has 0 radical (unpaired) electrons. The van der Waals surface area contributed by atoms with Crippen LogP contribution in [0.25, 0.3) is 0 Å². The van der Waals surface area contributed by atoms with Crippen molar-refractivity contribution in [3.63, 3.8) is 0 Å². The van der Waals surface area contributed by atoms with Crippen LogP contribution in [0.15, 0.2) is 36.4 Å². The maximum atomic E-state index is 12.9. The van der Waals surface area contributed by atoms with Crippen LogP contribution in [0, 0.1) is 13.8 Å². The zero-order valence-corrected chi connectivity index (χ0v) is 16.2. The fourth-order valence-corrected chi connectivity index (χ4v) is 4.01. The smallest absolute Gasteiger partial charge is 0.253 e. The van der Waals surface area contributed by atoms with Gasteiger partial charge < -0.3 is 14.7 Å². The van der Waals surface area contributed by atoms with Crippen LogP contribution in [0.4, 0.5) is 11.4 Å². The van der Waals surface area contributed by atoms with E-state index in [-0.39, 0.29) is 11.8 Å². The third-order valence-corrected chi connectivity index (χ3v) is 5.89. The average Bonchev–Trinajstić information content (AvgIpc) is 2.97. The Morgan fingerprint density at radius 1 is 0.963 bits per heavy atom. The monoisotopic (exact) mass is 363 g/mol. The summed E-state index contributed by atoms with van der Waals surface area (Å²) in [4.78, 5) is 30.7. The van der Waals surface area contributed by atoms with Crippen LogP contribution in [0.5, 0.6) is 0 Å². The van der Waals surface area contributed by atoms with Gasteiger partial charge in [-0.05, 0) is 54.8 Å². The first kappa shape index (κ1) is 17.6. The second kappa shape index (κ2) is 6.72. The number of fused-ring (bicyclic) bond motifs is 1.